The SMILES string of the molecule is COC(=O)CC[C@@H](NC(=O)C1(N)CC1)C(=O)O. The molecule has 1 atom stereocenters. The molecular formula is C10H16N2O5. The summed E-state index contributed by atoms with van der Waals surface area (Å²) in [6, 6.07) is -1.11. The minimum atomic E-state index is -1.19. The van der Waals surface area contributed by atoms with E-state index >= 15 is 0 Å². The molecule has 1 aliphatic rings. The fraction of sp³-hybridized carbons (Fsp3) is 0.700. The number of methoxy groups -OCH3 is 1. The van der Waals surface area contributed by atoms with Crippen LogP contribution in [0, 0.1) is 0 Å². The van der Waals surface area contributed by atoms with Crippen molar-refractivity contribution >= 4 is 17.8 Å². The van der Waals surface area contributed by atoms with E-state index in [9.17, 15) is 14.4 Å². The predicted molar refractivity (Wildman–Crippen MR) is 57.0 cm³/mol. The topological polar surface area (TPSA) is 119 Å². The van der Waals surface area contributed by atoms with Crippen molar-refractivity contribution in [2.45, 2.75) is 37.3 Å². The van der Waals surface area contributed by atoms with Crippen LogP contribution in [0.3, 0.4) is 0 Å². The number of esters is 1. The molecule has 0 heterocycles. The zero-order valence-corrected chi connectivity index (χ0v) is 9.56. The van der Waals surface area contributed by atoms with Gasteiger partial charge in [-0.2, -0.15) is 0 Å². The Hall–Kier alpha value is -1.63. The molecule has 1 amide bonds. The first-order valence-electron chi connectivity index (χ1n) is 5.28. The van der Waals surface area contributed by atoms with Gasteiger partial charge in [0, 0.05) is 6.42 Å². The van der Waals surface area contributed by atoms with Gasteiger partial charge >= 0.3 is 11.9 Å². The summed E-state index contributed by atoms with van der Waals surface area (Å²) in [5.41, 5.74) is 4.71. The Balaban J connectivity index is 2.46. The van der Waals surface area contributed by atoms with Crippen LogP contribution in [-0.4, -0.2) is 41.6 Å². The second-order valence-corrected chi connectivity index (χ2v) is 4.14. The minimum absolute atomic E-state index is 0.0101. The molecule has 0 aromatic rings. The van der Waals surface area contributed by atoms with Gasteiger partial charge in [0.25, 0.3) is 0 Å². The van der Waals surface area contributed by atoms with Crippen molar-refractivity contribution < 1.29 is 24.2 Å². The van der Waals surface area contributed by atoms with Crippen LogP contribution < -0.4 is 11.1 Å². The molecule has 0 spiro atoms. The lowest BCUT2D eigenvalue weighted by atomic mass is 10.1. The summed E-state index contributed by atoms with van der Waals surface area (Å²) >= 11 is 0. The fourth-order valence-corrected chi connectivity index (χ4v) is 1.29. The van der Waals surface area contributed by atoms with Crippen molar-refractivity contribution in [3.8, 4) is 0 Å². The van der Waals surface area contributed by atoms with Crippen molar-refractivity contribution in [3.05, 3.63) is 0 Å². The van der Waals surface area contributed by atoms with Crippen molar-refractivity contribution in [2.24, 2.45) is 5.73 Å². The number of rotatable bonds is 6. The van der Waals surface area contributed by atoms with Crippen LogP contribution in [-0.2, 0) is 19.1 Å². The Kier molecular flexibility index (Phi) is 4.06. The fourth-order valence-electron chi connectivity index (χ4n) is 1.29. The highest BCUT2D eigenvalue weighted by molar-refractivity contribution is 5.92. The van der Waals surface area contributed by atoms with Gasteiger partial charge in [0.2, 0.25) is 5.91 Å². The molecule has 7 heteroatoms. The van der Waals surface area contributed by atoms with Gasteiger partial charge in [-0.1, -0.05) is 0 Å². The normalized spacial score (nSPS) is 18.0. The quantitative estimate of drug-likeness (QED) is 0.516. The van der Waals surface area contributed by atoms with Gasteiger partial charge in [-0.25, -0.2) is 4.79 Å². The highest BCUT2D eigenvalue weighted by atomic mass is 16.5. The molecule has 0 radical (unpaired) electrons. The van der Waals surface area contributed by atoms with Gasteiger partial charge < -0.3 is 20.9 Å². The Morgan fingerprint density at radius 1 is 1.47 bits per heavy atom. The molecule has 1 fully saturated rings. The predicted octanol–water partition coefficient (Wildman–Crippen LogP) is -1.000. The minimum Gasteiger partial charge on any atom is -0.480 e. The number of carboxylic acid groups (broad SMARTS) is 1. The molecule has 4 N–H and O–H groups in total. The number of nitrogens with two attached hydrogens (primary N) is 1. The summed E-state index contributed by atoms with van der Waals surface area (Å²) in [6.07, 6.45) is 1.04. The van der Waals surface area contributed by atoms with Crippen molar-refractivity contribution in [3.63, 3.8) is 0 Å². The summed E-state index contributed by atoms with van der Waals surface area (Å²) < 4.78 is 4.40. The molecule has 1 saturated carbocycles. The molecular weight excluding hydrogens is 228 g/mol. The first kappa shape index (κ1) is 13.4. The number of carboxylic acids is 1. The van der Waals surface area contributed by atoms with Crippen LogP contribution in [0.2, 0.25) is 0 Å². The molecule has 0 bridgehead atoms. The number of hydrogen-bond donors (Lipinski definition) is 3. The molecule has 17 heavy (non-hydrogen) atoms. The molecule has 1 rings (SSSR count). The maximum absolute atomic E-state index is 11.5. The number of amides is 1. The number of carbonyl (C=O) groups excluding carboxylic acids is 2. The van der Waals surface area contributed by atoms with Gasteiger partial charge in [-0.15, -0.1) is 0 Å². The number of aliphatic carboxylic acids is 1. The zero-order valence-electron chi connectivity index (χ0n) is 9.56. The molecule has 1 aliphatic carbocycles. The van der Waals surface area contributed by atoms with Gasteiger partial charge in [-0.3, -0.25) is 9.59 Å². The maximum atomic E-state index is 11.5. The third-order valence-electron chi connectivity index (χ3n) is 2.71. The number of ether oxygens (including phenoxy) is 1. The van der Waals surface area contributed by atoms with E-state index in [2.05, 4.69) is 10.1 Å². The second-order valence-electron chi connectivity index (χ2n) is 4.14. The summed E-state index contributed by atoms with van der Waals surface area (Å²) in [7, 11) is 1.22. The summed E-state index contributed by atoms with van der Waals surface area (Å²) in [4.78, 5) is 33.3. The zero-order chi connectivity index (χ0) is 13.1. The van der Waals surface area contributed by atoms with Gasteiger partial charge in [-0.05, 0) is 19.3 Å². The van der Waals surface area contributed by atoms with Crippen LogP contribution in [0.25, 0.3) is 0 Å². The van der Waals surface area contributed by atoms with E-state index in [1.54, 1.807) is 0 Å². The Morgan fingerprint density at radius 2 is 2.06 bits per heavy atom. The van der Waals surface area contributed by atoms with Crippen molar-refractivity contribution in [2.75, 3.05) is 7.11 Å². The molecule has 0 aromatic carbocycles. The molecule has 96 valence electrons. The van der Waals surface area contributed by atoms with E-state index in [1.807, 2.05) is 0 Å². The molecule has 0 aliphatic heterocycles. The standard InChI is InChI=1S/C10H16N2O5/c1-17-7(13)3-2-6(8(14)15)12-9(16)10(11)4-5-10/h6H,2-5,11H2,1H3,(H,12,16)(H,14,15)/t6-/m1/s1. The second kappa shape index (κ2) is 5.13. The first-order chi connectivity index (χ1) is 7.89. The highest BCUT2D eigenvalue weighted by Gasteiger charge is 2.46. The molecule has 0 unspecified atom stereocenters. The van der Waals surface area contributed by atoms with Crippen molar-refractivity contribution in [1.82, 2.24) is 5.32 Å². The average Bonchev–Trinajstić information content (AvgIpc) is 3.02. The lowest BCUT2D eigenvalue weighted by Gasteiger charge is -2.16. The lowest BCUT2D eigenvalue weighted by molar-refractivity contribution is -0.144. The Labute approximate surface area is 98.3 Å². The highest BCUT2D eigenvalue weighted by Crippen LogP contribution is 2.32. The molecule has 0 aromatic heterocycles. The van der Waals surface area contributed by atoms with Crippen LogP contribution in [0.5, 0.6) is 0 Å². The van der Waals surface area contributed by atoms with E-state index < -0.39 is 29.4 Å². The number of carbonyl (C=O) groups is 3. The third-order valence-corrected chi connectivity index (χ3v) is 2.71. The summed E-state index contributed by atoms with van der Waals surface area (Å²) in [5, 5.41) is 11.2. The first-order valence-corrected chi connectivity index (χ1v) is 5.28. The third kappa shape index (κ3) is 3.70. The summed E-state index contributed by atoms with van der Waals surface area (Å²) in [5.74, 6) is -2.18. The smallest absolute Gasteiger partial charge is 0.326 e. The van der Waals surface area contributed by atoms with Gasteiger partial charge in [0.15, 0.2) is 0 Å². The number of nitrogens with one attached hydrogen (secondary N) is 1. The largest absolute Gasteiger partial charge is 0.480 e. The monoisotopic (exact) mass is 244 g/mol. The van der Waals surface area contributed by atoms with E-state index in [1.165, 1.54) is 7.11 Å². The molecule has 0 saturated heterocycles. The van der Waals surface area contributed by atoms with E-state index in [0.717, 1.165) is 0 Å². The van der Waals surface area contributed by atoms with E-state index in [0.29, 0.717) is 12.8 Å². The van der Waals surface area contributed by atoms with Crippen LogP contribution in [0.15, 0.2) is 0 Å². The molecule has 7 nitrogen and oxygen atoms in total. The maximum Gasteiger partial charge on any atom is 0.326 e. The summed E-state index contributed by atoms with van der Waals surface area (Å²) in [6.45, 7) is 0. The van der Waals surface area contributed by atoms with E-state index in [4.69, 9.17) is 10.8 Å². The number of hydrogen-bond acceptors (Lipinski definition) is 5. The van der Waals surface area contributed by atoms with Crippen LogP contribution in [0.4, 0.5) is 0 Å². The van der Waals surface area contributed by atoms with Crippen LogP contribution in [0.1, 0.15) is 25.7 Å². The Morgan fingerprint density at radius 3 is 2.47 bits per heavy atom. The lowest BCUT2D eigenvalue weighted by Crippen LogP contribution is -2.50. The van der Waals surface area contributed by atoms with Crippen LogP contribution >= 0.6 is 0 Å². The van der Waals surface area contributed by atoms with E-state index in [-0.39, 0.29) is 12.8 Å². The van der Waals surface area contributed by atoms with Crippen molar-refractivity contribution in [1.29, 1.82) is 0 Å². The average molecular weight is 244 g/mol. The Bertz CT molecular complexity index is 338. The van der Waals surface area contributed by atoms with Gasteiger partial charge in [0.05, 0.1) is 12.6 Å². The van der Waals surface area contributed by atoms with Gasteiger partial charge in [0.1, 0.15) is 6.04 Å².